The predicted molar refractivity (Wildman–Crippen MR) is 134 cm³/mol. The Balaban J connectivity index is 0.00000320. The Morgan fingerprint density at radius 3 is 2.30 bits per heavy atom. The van der Waals surface area contributed by atoms with Crippen molar-refractivity contribution in [3.05, 3.63) is 35.4 Å². The van der Waals surface area contributed by atoms with Gasteiger partial charge >= 0.3 is 0 Å². The van der Waals surface area contributed by atoms with E-state index in [0.29, 0.717) is 5.92 Å². The van der Waals surface area contributed by atoms with E-state index in [9.17, 15) is 0 Å². The first-order chi connectivity index (χ1) is 14.0. The van der Waals surface area contributed by atoms with Crippen LogP contribution < -0.4 is 5.32 Å². The van der Waals surface area contributed by atoms with Gasteiger partial charge in [-0.3, -0.25) is 9.89 Å². The predicted octanol–water partition coefficient (Wildman–Crippen LogP) is 3.32. The molecule has 0 saturated carbocycles. The van der Waals surface area contributed by atoms with Gasteiger partial charge in [0.15, 0.2) is 5.96 Å². The molecule has 2 fully saturated rings. The van der Waals surface area contributed by atoms with E-state index in [-0.39, 0.29) is 29.6 Å². The number of halogens is 1. The van der Waals surface area contributed by atoms with Crippen molar-refractivity contribution in [2.75, 3.05) is 60.1 Å². The summed E-state index contributed by atoms with van der Waals surface area (Å²) in [4.78, 5) is 9.42. The molecule has 0 radical (unpaired) electrons. The number of nitrogens with one attached hydrogen (secondary N) is 1. The van der Waals surface area contributed by atoms with Crippen molar-refractivity contribution in [3.63, 3.8) is 0 Å². The molecule has 0 amide bonds. The standard InChI is InChI=1S/C23H38N4O2.HI/c1-19(2)21-7-5-20(6-8-21)17-26-11-13-27(14-12-26)22(24-3)25-18-23(28-4)9-15-29-16-10-23;/h5-8,19H,9-18H2,1-4H3,(H,24,25);1H. The van der Waals surface area contributed by atoms with Crippen LogP contribution in [-0.2, 0) is 16.0 Å². The number of nitrogens with zero attached hydrogens (tertiary/aromatic N) is 3. The average Bonchev–Trinajstić information content (AvgIpc) is 2.76. The Hall–Kier alpha value is -0.900. The molecule has 7 heteroatoms. The van der Waals surface area contributed by atoms with Gasteiger partial charge in [0.25, 0.3) is 0 Å². The lowest BCUT2D eigenvalue weighted by Crippen LogP contribution is -2.55. The summed E-state index contributed by atoms with van der Waals surface area (Å²) >= 11 is 0. The van der Waals surface area contributed by atoms with E-state index in [0.717, 1.165) is 71.3 Å². The molecule has 170 valence electrons. The Labute approximate surface area is 199 Å². The molecule has 2 aliphatic rings. The van der Waals surface area contributed by atoms with E-state index in [1.165, 1.54) is 11.1 Å². The maximum atomic E-state index is 5.84. The van der Waals surface area contributed by atoms with Crippen molar-refractivity contribution in [1.29, 1.82) is 0 Å². The van der Waals surface area contributed by atoms with Crippen molar-refractivity contribution < 1.29 is 9.47 Å². The van der Waals surface area contributed by atoms with Gasteiger partial charge in [-0.1, -0.05) is 38.1 Å². The molecule has 3 rings (SSSR count). The molecule has 0 bridgehead atoms. The fraction of sp³-hybridized carbons (Fsp3) is 0.696. The summed E-state index contributed by atoms with van der Waals surface area (Å²) in [5, 5.41) is 3.56. The highest BCUT2D eigenvalue weighted by molar-refractivity contribution is 14.0. The zero-order valence-electron chi connectivity index (χ0n) is 19.0. The van der Waals surface area contributed by atoms with Gasteiger partial charge in [-0.2, -0.15) is 0 Å². The van der Waals surface area contributed by atoms with E-state index in [4.69, 9.17) is 9.47 Å². The Morgan fingerprint density at radius 2 is 1.77 bits per heavy atom. The summed E-state index contributed by atoms with van der Waals surface area (Å²) < 4.78 is 11.3. The van der Waals surface area contributed by atoms with E-state index in [1.54, 1.807) is 0 Å². The SMILES string of the molecule is CN=C(NCC1(OC)CCOCC1)N1CCN(Cc2ccc(C(C)C)cc2)CC1.I. The van der Waals surface area contributed by atoms with Crippen LogP contribution in [0.15, 0.2) is 29.3 Å². The molecule has 2 saturated heterocycles. The molecule has 1 N–H and O–H groups in total. The van der Waals surface area contributed by atoms with Crippen molar-refractivity contribution in [1.82, 2.24) is 15.1 Å². The Kier molecular flexibility index (Phi) is 10.3. The quantitative estimate of drug-likeness (QED) is 0.348. The first kappa shape index (κ1) is 25.4. The van der Waals surface area contributed by atoms with Crippen LogP contribution in [0.1, 0.15) is 43.7 Å². The van der Waals surface area contributed by atoms with E-state index < -0.39 is 0 Å². The number of aliphatic imine (C=N–C) groups is 1. The summed E-state index contributed by atoms with van der Waals surface area (Å²) in [6.45, 7) is 11.9. The second-order valence-electron chi connectivity index (χ2n) is 8.56. The zero-order valence-corrected chi connectivity index (χ0v) is 21.4. The van der Waals surface area contributed by atoms with Gasteiger partial charge in [0.2, 0.25) is 0 Å². The average molecular weight is 530 g/mol. The van der Waals surface area contributed by atoms with Crippen molar-refractivity contribution >= 4 is 29.9 Å². The molecule has 30 heavy (non-hydrogen) atoms. The van der Waals surface area contributed by atoms with Crippen LogP contribution in [-0.4, -0.2) is 81.5 Å². The molecule has 0 unspecified atom stereocenters. The summed E-state index contributed by atoms with van der Waals surface area (Å²) in [6.07, 6.45) is 1.85. The molecule has 0 aliphatic carbocycles. The monoisotopic (exact) mass is 530 g/mol. The fourth-order valence-electron chi connectivity index (χ4n) is 4.15. The molecule has 6 nitrogen and oxygen atoms in total. The van der Waals surface area contributed by atoms with Crippen LogP contribution in [0, 0.1) is 0 Å². The van der Waals surface area contributed by atoms with Gasteiger partial charge in [-0.15, -0.1) is 24.0 Å². The van der Waals surface area contributed by atoms with Crippen molar-refractivity contribution in [2.24, 2.45) is 4.99 Å². The van der Waals surface area contributed by atoms with Crippen LogP contribution >= 0.6 is 24.0 Å². The van der Waals surface area contributed by atoms with Gasteiger partial charge in [-0.25, -0.2) is 0 Å². The molecular weight excluding hydrogens is 491 g/mol. The van der Waals surface area contributed by atoms with Crippen LogP contribution in [0.25, 0.3) is 0 Å². The lowest BCUT2D eigenvalue weighted by Gasteiger charge is -2.39. The van der Waals surface area contributed by atoms with Crippen molar-refractivity contribution in [2.45, 2.75) is 44.8 Å². The van der Waals surface area contributed by atoms with Crippen LogP contribution in [0.4, 0.5) is 0 Å². The minimum absolute atomic E-state index is 0. The number of ether oxygens (including phenoxy) is 2. The molecular formula is C23H39IN4O2. The number of methoxy groups -OCH3 is 1. The molecule has 1 aromatic rings. The van der Waals surface area contributed by atoms with Crippen molar-refractivity contribution in [3.8, 4) is 0 Å². The minimum atomic E-state index is -0.141. The molecule has 0 atom stereocenters. The number of guanidine groups is 1. The molecule has 1 aromatic carbocycles. The highest BCUT2D eigenvalue weighted by Crippen LogP contribution is 2.23. The van der Waals surface area contributed by atoms with Crippen LogP contribution in [0.2, 0.25) is 0 Å². The minimum Gasteiger partial charge on any atom is -0.381 e. The van der Waals surface area contributed by atoms with Gasteiger partial charge in [0.1, 0.15) is 0 Å². The highest BCUT2D eigenvalue weighted by atomic mass is 127. The third-order valence-electron chi connectivity index (χ3n) is 6.34. The normalized spacial score (nSPS) is 20.2. The molecule has 2 heterocycles. The maximum absolute atomic E-state index is 5.84. The largest absolute Gasteiger partial charge is 0.381 e. The molecule has 2 aliphatic heterocycles. The van der Waals surface area contributed by atoms with Gasteiger partial charge in [0, 0.05) is 79.5 Å². The van der Waals surface area contributed by atoms with Gasteiger partial charge in [-0.05, 0) is 17.0 Å². The van der Waals surface area contributed by atoms with E-state index in [1.807, 2.05) is 14.2 Å². The van der Waals surface area contributed by atoms with Gasteiger partial charge < -0.3 is 19.7 Å². The van der Waals surface area contributed by atoms with Gasteiger partial charge in [0.05, 0.1) is 5.60 Å². The first-order valence-electron chi connectivity index (χ1n) is 10.9. The second-order valence-corrected chi connectivity index (χ2v) is 8.56. The molecule has 0 spiro atoms. The third kappa shape index (κ3) is 6.80. The summed E-state index contributed by atoms with van der Waals surface area (Å²) in [5.74, 6) is 1.57. The lowest BCUT2D eigenvalue weighted by atomic mass is 9.94. The maximum Gasteiger partial charge on any atom is 0.193 e. The number of hydrogen-bond donors (Lipinski definition) is 1. The topological polar surface area (TPSA) is 49.3 Å². The fourth-order valence-corrected chi connectivity index (χ4v) is 4.15. The van der Waals surface area contributed by atoms with Crippen LogP contribution in [0.3, 0.4) is 0 Å². The third-order valence-corrected chi connectivity index (χ3v) is 6.34. The first-order valence-corrected chi connectivity index (χ1v) is 10.9. The highest BCUT2D eigenvalue weighted by Gasteiger charge is 2.33. The number of hydrogen-bond acceptors (Lipinski definition) is 4. The lowest BCUT2D eigenvalue weighted by molar-refractivity contribution is -0.0858. The zero-order chi connectivity index (χ0) is 20.7. The van der Waals surface area contributed by atoms with Crippen LogP contribution in [0.5, 0.6) is 0 Å². The summed E-state index contributed by atoms with van der Waals surface area (Å²) in [7, 11) is 3.68. The number of piperazine rings is 1. The molecule has 0 aromatic heterocycles. The number of rotatable bonds is 6. The number of benzene rings is 1. The smallest absolute Gasteiger partial charge is 0.193 e. The Morgan fingerprint density at radius 1 is 1.13 bits per heavy atom. The Bertz CT molecular complexity index is 652. The second kappa shape index (κ2) is 12.2. The summed E-state index contributed by atoms with van der Waals surface area (Å²) in [6, 6.07) is 9.09. The van der Waals surface area contributed by atoms with E-state index in [2.05, 4.69) is 58.2 Å². The summed E-state index contributed by atoms with van der Waals surface area (Å²) in [5.41, 5.74) is 2.66. The van der Waals surface area contributed by atoms with E-state index >= 15 is 0 Å².